The van der Waals surface area contributed by atoms with Crippen LogP contribution in [0.5, 0.6) is 0 Å². The minimum absolute atomic E-state index is 0. The molecule has 1 aliphatic heterocycles. The van der Waals surface area contributed by atoms with Gasteiger partial charge in [0.1, 0.15) is 12.4 Å². The lowest BCUT2D eigenvalue weighted by Crippen LogP contribution is -2.49. The highest BCUT2D eigenvalue weighted by Gasteiger charge is 2.33. The fraction of sp³-hybridized carbons (Fsp3) is 0.842. The fourth-order valence-electron chi connectivity index (χ4n) is 4.29. The van der Waals surface area contributed by atoms with E-state index in [-0.39, 0.29) is 24.0 Å². The number of hydrogen-bond acceptors (Lipinski definition) is 5. The van der Waals surface area contributed by atoms with Crippen LogP contribution in [0.4, 0.5) is 0 Å². The second kappa shape index (κ2) is 11.3. The normalized spacial score (nSPS) is 21.1. The molecule has 2 N–H and O–H groups in total. The molecule has 28 heavy (non-hydrogen) atoms. The summed E-state index contributed by atoms with van der Waals surface area (Å²) in [5, 5.41) is 11.7. The number of aromatic nitrogens is 3. The molecule has 1 fully saturated rings. The van der Waals surface area contributed by atoms with Crippen LogP contribution in [0, 0.1) is 5.41 Å². The zero-order chi connectivity index (χ0) is 19.1. The van der Waals surface area contributed by atoms with E-state index >= 15 is 0 Å². The Labute approximate surface area is 185 Å². The largest absolute Gasteiger partial charge is 0.385 e. The molecule has 2 heterocycles. The van der Waals surface area contributed by atoms with Crippen molar-refractivity contribution in [3.8, 4) is 0 Å². The molecule has 2 aliphatic rings. The molecule has 1 atom stereocenters. The summed E-state index contributed by atoms with van der Waals surface area (Å²) in [5.41, 5.74) is 0.342. The minimum Gasteiger partial charge on any atom is -0.385 e. The molecule has 3 rings (SSSR count). The van der Waals surface area contributed by atoms with Crippen LogP contribution in [0.15, 0.2) is 4.99 Å². The Morgan fingerprint density at radius 2 is 2.07 bits per heavy atom. The molecule has 0 radical (unpaired) electrons. The Bertz CT molecular complexity index is 630. The summed E-state index contributed by atoms with van der Waals surface area (Å²) in [7, 11) is 5.30. The van der Waals surface area contributed by atoms with E-state index in [4.69, 9.17) is 9.47 Å². The number of ether oxygens (including phenoxy) is 2. The topological polar surface area (TPSA) is 85.6 Å². The number of nitrogens with zero attached hydrogens (tertiary/aromatic N) is 4. The van der Waals surface area contributed by atoms with Crippen LogP contribution in [0.3, 0.4) is 0 Å². The van der Waals surface area contributed by atoms with Crippen LogP contribution in [0.2, 0.25) is 0 Å². The van der Waals surface area contributed by atoms with Gasteiger partial charge in [0.05, 0.1) is 6.54 Å². The smallest absolute Gasteiger partial charge is 0.191 e. The molecule has 0 spiro atoms. The van der Waals surface area contributed by atoms with E-state index in [1.807, 2.05) is 11.7 Å². The second-order valence-electron chi connectivity index (χ2n) is 7.81. The molecule has 160 valence electrons. The average molecular weight is 506 g/mol. The van der Waals surface area contributed by atoms with E-state index in [1.165, 1.54) is 25.7 Å². The molecular formula is C19H35IN6O2. The number of aryl methyl sites for hydroxylation is 1. The first-order valence-corrected chi connectivity index (χ1v) is 10.1. The Morgan fingerprint density at radius 1 is 1.29 bits per heavy atom. The van der Waals surface area contributed by atoms with E-state index < -0.39 is 0 Å². The third kappa shape index (κ3) is 6.03. The molecule has 1 unspecified atom stereocenters. The summed E-state index contributed by atoms with van der Waals surface area (Å²) >= 11 is 0. The van der Waals surface area contributed by atoms with Crippen molar-refractivity contribution in [1.82, 2.24) is 25.4 Å². The molecule has 1 aliphatic carbocycles. The van der Waals surface area contributed by atoms with Gasteiger partial charge in [-0.25, -0.2) is 9.67 Å². The molecule has 0 saturated heterocycles. The van der Waals surface area contributed by atoms with Crippen molar-refractivity contribution < 1.29 is 9.47 Å². The number of fused-ring (bicyclic) bond motifs is 1. The van der Waals surface area contributed by atoms with Crippen molar-refractivity contribution in [2.24, 2.45) is 10.4 Å². The van der Waals surface area contributed by atoms with Gasteiger partial charge in [-0.2, -0.15) is 5.10 Å². The Kier molecular flexibility index (Phi) is 9.42. The number of methoxy groups -OCH3 is 2. The summed E-state index contributed by atoms with van der Waals surface area (Å²) in [6.07, 6.45) is 8.24. The fourth-order valence-corrected chi connectivity index (χ4v) is 4.29. The molecule has 8 nitrogen and oxygen atoms in total. The molecule has 0 amide bonds. The van der Waals surface area contributed by atoms with Gasteiger partial charge in [0, 0.05) is 46.9 Å². The van der Waals surface area contributed by atoms with Crippen LogP contribution in [0.25, 0.3) is 0 Å². The molecule has 9 heteroatoms. The maximum atomic E-state index is 5.34. The van der Waals surface area contributed by atoms with E-state index in [0.717, 1.165) is 56.6 Å². The predicted molar refractivity (Wildman–Crippen MR) is 120 cm³/mol. The molecule has 1 aromatic heterocycles. The minimum atomic E-state index is 0. The van der Waals surface area contributed by atoms with Crippen LogP contribution >= 0.6 is 24.0 Å². The highest BCUT2D eigenvalue weighted by molar-refractivity contribution is 14.0. The highest BCUT2D eigenvalue weighted by Crippen LogP contribution is 2.40. The first-order valence-electron chi connectivity index (χ1n) is 10.1. The Morgan fingerprint density at radius 3 is 2.75 bits per heavy atom. The number of rotatable bonds is 8. The lowest BCUT2D eigenvalue weighted by Gasteiger charge is -2.31. The molecule has 1 saturated carbocycles. The third-order valence-electron chi connectivity index (χ3n) is 5.87. The van der Waals surface area contributed by atoms with Gasteiger partial charge in [0.25, 0.3) is 0 Å². The van der Waals surface area contributed by atoms with E-state index in [9.17, 15) is 0 Å². The van der Waals surface area contributed by atoms with Gasteiger partial charge in [-0.1, -0.05) is 12.8 Å². The van der Waals surface area contributed by atoms with Crippen LogP contribution in [-0.2, 0) is 29.0 Å². The van der Waals surface area contributed by atoms with Crippen molar-refractivity contribution >= 4 is 29.9 Å². The van der Waals surface area contributed by atoms with Crippen molar-refractivity contribution in [2.45, 2.75) is 64.1 Å². The quantitative estimate of drug-likeness (QED) is 0.319. The van der Waals surface area contributed by atoms with E-state index in [1.54, 1.807) is 14.2 Å². The average Bonchev–Trinajstić information content (AvgIpc) is 3.30. The first-order chi connectivity index (χ1) is 13.2. The maximum Gasteiger partial charge on any atom is 0.191 e. The summed E-state index contributed by atoms with van der Waals surface area (Å²) in [4.78, 5) is 8.98. The third-order valence-corrected chi connectivity index (χ3v) is 5.87. The van der Waals surface area contributed by atoms with Crippen molar-refractivity contribution in [2.75, 3.05) is 34.4 Å². The van der Waals surface area contributed by atoms with Gasteiger partial charge in [-0.05, 0) is 31.1 Å². The SMILES string of the molecule is CN=C(NCC1(CCOC)CCCC1)NC1CCc2nc(COC)nn2C1.I. The van der Waals surface area contributed by atoms with Crippen molar-refractivity contribution in [1.29, 1.82) is 0 Å². The van der Waals surface area contributed by atoms with Gasteiger partial charge in [0.15, 0.2) is 11.8 Å². The van der Waals surface area contributed by atoms with Gasteiger partial charge < -0.3 is 20.1 Å². The van der Waals surface area contributed by atoms with Crippen LogP contribution in [-0.4, -0.2) is 61.2 Å². The van der Waals surface area contributed by atoms with E-state index in [2.05, 4.69) is 25.7 Å². The predicted octanol–water partition coefficient (Wildman–Crippen LogP) is 2.12. The number of halogens is 1. The van der Waals surface area contributed by atoms with Gasteiger partial charge >= 0.3 is 0 Å². The van der Waals surface area contributed by atoms with Crippen molar-refractivity contribution in [3.05, 3.63) is 11.6 Å². The molecular weight excluding hydrogens is 471 g/mol. The van der Waals surface area contributed by atoms with Crippen molar-refractivity contribution in [3.63, 3.8) is 0 Å². The lowest BCUT2D eigenvalue weighted by atomic mass is 9.83. The summed E-state index contributed by atoms with van der Waals surface area (Å²) in [6, 6.07) is 0.305. The maximum absolute atomic E-state index is 5.34. The van der Waals surface area contributed by atoms with Crippen LogP contribution in [0.1, 0.15) is 50.2 Å². The number of nitrogens with one attached hydrogen (secondary N) is 2. The van der Waals surface area contributed by atoms with Gasteiger partial charge in [0.2, 0.25) is 0 Å². The molecule has 0 aromatic carbocycles. The summed E-state index contributed by atoms with van der Waals surface area (Å²) in [6.45, 7) is 3.05. The van der Waals surface area contributed by atoms with Gasteiger partial charge in [-0.15, -0.1) is 24.0 Å². The monoisotopic (exact) mass is 506 g/mol. The summed E-state index contributed by atoms with van der Waals surface area (Å²) in [5.74, 6) is 2.69. The number of hydrogen-bond donors (Lipinski definition) is 2. The standard InChI is InChI=1S/C19H34N6O2.HI/c1-20-18(21-14-19(10-11-26-2)8-4-5-9-19)22-15-6-7-17-23-16(13-27-3)24-25(17)12-15;/h15H,4-14H2,1-3H3,(H2,20,21,22);1H. The number of aliphatic imine (C=N–C) groups is 1. The highest BCUT2D eigenvalue weighted by atomic mass is 127. The van der Waals surface area contributed by atoms with E-state index in [0.29, 0.717) is 18.1 Å². The molecule has 0 bridgehead atoms. The first kappa shape index (κ1) is 23.3. The zero-order valence-electron chi connectivity index (χ0n) is 17.4. The Balaban J connectivity index is 0.00000280. The Hall–Kier alpha value is -0.940. The molecule has 1 aromatic rings. The number of guanidine groups is 1. The van der Waals surface area contributed by atoms with Crippen LogP contribution < -0.4 is 10.6 Å². The summed E-state index contributed by atoms with van der Waals surface area (Å²) < 4.78 is 12.5. The second-order valence-corrected chi connectivity index (χ2v) is 7.81. The van der Waals surface area contributed by atoms with Gasteiger partial charge in [-0.3, -0.25) is 4.99 Å². The zero-order valence-corrected chi connectivity index (χ0v) is 19.7. The lowest BCUT2D eigenvalue weighted by molar-refractivity contribution is 0.138.